The van der Waals surface area contributed by atoms with Gasteiger partial charge < -0.3 is 4.90 Å². The summed E-state index contributed by atoms with van der Waals surface area (Å²) in [7, 11) is -3.66. The summed E-state index contributed by atoms with van der Waals surface area (Å²) in [5.41, 5.74) is 1.17. The molecule has 0 unspecified atom stereocenters. The zero-order chi connectivity index (χ0) is 17.0. The van der Waals surface area contributed by atoms with Crippen LogP contribution in [0.15, 0.2) is 47.5 Å². The molecule has 0 spiro atoms. The van der Waals surface area contributed by atoms with Gasteiger partial charge in [0.25, 0.3) is 0 Å². The largest absolute Gasteiger partial charge is 0.357 e. The minimum absolute atomic E-state index is 0.0929. The van der Waals surface area contributed by atoms with Gasteiger partial charge in [0.1, 0.15) is 5.82 Å². The molecule has 124 valence electrons. The molecule has 1 aromatic heterocycles. The minimum Gasteiger partial charge on any atom is -0.357 e. The number of sulfonamides is 1. The quantitative estimate of drug-likeness (QED) is 0.898. The topological polar surface area (TPSA) is 86.1 Å². The van der Waals surface area contributed by atoms with Crippen LogP contribution in [0.1, 0.15) is 24.0 Å². The maximum absolute atomic E-state index is 12.4. The van der Waals surface area contributed by atoms with E-state index in [0.29, 0.717) is 5.56 Å². The molecule has 1 aliphatic rings. The fourth-order valence-electron chi connectivity index (χ4n) is 2.68. The Morgan fingerprint density at radius 1 is 1.21 bits per heavy atom. The van der Waals surface area contributed by atoms with Gasteiger partial charge in [-0.2, -0.15) is 5.26 Å². The maximum Gasteiger partial charge on any atom is 0.240 e. The minimum atomic E-state index is -3.66. The average molecular weight is 342 g/mol. The lowest BCUT2D eigenvalue weighted by Crippen LogP contribution is -2.24. The summed E-state index contributed by atoms with van der Waals surface area (Å²) in [4.78, 5) is 6.66. The van der Waals surface area contributed by atoms with Gasteiger partial charge in [0.05, 0.1) is 16.5 Å². The number of anilines is 1. The number of rotatable bonds is 5. The van der Waals surface area contributed by atoms with E-state index in [1.807, 2.05) is 12.1 Å². The van der Waals surface area contributed by atoms with E-state index >= 15 is 0 Å². The molecule has 3 rings (SSSR count). The van der Waals surface area contributed by atoms with E-state index in [0.717, 1.165) is 37.3 Å². The van der Waals surface area contributed by atoms with E-state index in [1.165, 1.54) is 12.1 Å². The predicted molar refractivity (Wildman–Crippen MR) is 90.9 cm³/mol. The second-order valence-electron chi connectivity index (χ2n) is 5.68. The molecule has 0 saturated carbocycles. The van der Waals surface area contributed by atoms with Crippen LogP contribution in [0.2, 0.25) is 0 Å². The number of hydrogen-bond donors (Lipinski definition) is 1. The number of benzene rings is 1. The van der Waals surface area contributed by atoms with Gasteiger partial charge in [0.2, 0.25) is 10.0 Å². The van der Waals surface area contributed by atoms with Crippen LogP contribution in [0.25, 0.3) is 0 Å². The molecule has 2 heterocycles. The van der Waals surface area contributed by atoms with Crippen molar-refractivity contribution in [2.75, 3.05) is 18.0 Å². The second-order valence-corrected chi connectivity index (χ2v) is 7.45. The van der Waals surface area contributed by atoms with Gasteiger partial charge in [-0.15, -0.1) is 0 Å². The molecule has 7 heteroatoms. The number of nitrogens with one attached hydrogen (secondary N) is 1. The Bertz CT molecular complexity index is 868. The van der Waals surface area contributed by atoms with E-state index in [1.54, 1.807) is 24.4 Å². The molecule has 1 aliphatic heterocycles. The summed E-state index contributed by atoms with van der Waals surface area (Å²) in [5.74, 6) is 0.885. The van der Waals surface area contributed by atoms with E-state index in [9.17, 15) is 8.42 Å². The van der Waals surface area contributed by atoms with Gasteiger partial charge in [-0.3, -0.25) is 0 Å². The average Bonchev–Trinajstić information content (AvgIpc) is 3.15. The molecule has 1 fully saturated rings. The van der Waals surface area contributed by atoms with Crippen LogP contribution in [0, 0.1) is 11.3 Å². The normalized spacial score (nSPS) is 14.5. The molecule has 0 aliphatic carbocycles. The highest BCUT2D eigenvalue weighted by Gasteiger charge is 2.16. The van der Waals surface area contributed by atoms with Crippen LogP contribution >= 0.6 is 0 Å². The van der Waals surface area contributed by atoms with Gasteiger partial charge in [0.15, 0.2) is 0 Å². The number of hydrogen-bond acceptors (Lipinski definition) is 5. The molecule has 0 atom stereocenters. The molecule has 0 bridgehead atoms. The monoisotopic (exact) mass is 342 g/mol. The Morgan fingerprint density at radius 3 is 2.75 bits per heavy atom. The molecule has 1 N–H and O–H groups in total. The Balaban J connectivity index is 1.72. The van der Waals surface area contributed by atoms with Crippen LogP contribution in [0.5, 0.6) is 0 Å². The van der Waals surface area contributed by atoms with E-state index in [4.69, 9.17) is 5.26 Å². The zero-order valence-corrected chi connectivity index (χ0v) is 14.0. The van der Waals surface area contributed by atoms with Gasteiger partial charge in [0, 0.05) is 25.8 Å². The third-order valence-electron chi connectivity index (χ3n) is 3.98. The Kier molecular flexibility index (Phi) is 4.79. The second kappa shape index (κ2) is 6.99. The lowest BCUT2D eigenvalue weighted by atomic mass is 10.2. The van der Waals surface area contributed by atoms with Crippen molar-refractivity contribution < 1.29 is 8.42 Å². The van der Waals surface area contributed by atoms with Crippen LogP contribution in [0.4, 0.5) is 5.82 Å². The van der Waals surface area contributed by atoms with E-state index in [-0.39, 0.29) is 11.4 Å². The fourth-order valence-corrected chi connectivity index (χ4v) is 3.75. The first-order valence-corrected chi connectivity index (χ1v) is 9.26. The van der Waals surface area contributed by atoms with Gasteiger partial charge >= 0.3 is 0 Å². The highest BCUT2D eigenvalue weighted by molar-refractivity contribution is 7.89. The summed E-state index contributed by atoms with van der Waals surface area (Å²) in [5, 5.41) is 8.89. The van der Waals surface area contributed by atoms with Crippen LogP contribution in [-0.2, 0) is 16.6 Å². The SMILES string of the molecule is N#Cc1cccc(S(=O)(=O)NCc2ccnc(N3CCCC3)c2)c1. The number of aromatic nitrogens is 1. The number of nitrogens with zero attached hydrogens (tertiary/aromatic N) is 3. The van der Waals surface area contributed by atoms with Gasteiger partial charge in [-0.25, -0.2) is 18.1 Å². The molecule has 2 aromatic rings. The lowest BCUT2D eigenvalue weighted by molar-refractivity contribution is 0.581. The Hall–Kier alpha value is -2.43. The van der Waals surface area contributed by atoms with Crippen molar-refractivity contribution in [3.8, 4) is 6.07 Å². The van der Waals surface area contributed by atoms with Crippen molar-refractivity contribution in [3.05, 3.63) is 53.7 Å². The molecule has 6 nitrogen and oxygen atoms in total. The molecule has 1 aromatic carbocycles. The Labute approximate surface area is 141 Å². The van der Waals surface area contributed by atoms with Crippen molar-refractivity contribution in [1.82, 2.24) is 9.71 Å². The predicted octanol–water partition coefficient (Wildman–Crippen LogP) is 2.03. The first-order chi connectivity index (χ1) is 11.6. The summed E-state index contributed by atoms with van der Waals surface area (Å²) >= 11 is 0. The van der Waals surface area contributed by atoms with Crippen LogP contribution < -0.4 is 9.62 Å². The Morgan fingerprint density at radius 2 is 2.00 bits per heavy atom. The fraction of sp³-hybridized carbons (Fsp3) is 0.294. The van der Waals surface area contributed by atoms with Crippen molar-refractivity contribution in [2.24, 2.45) is 0 Å². The van der Waals surface area contributed by atoms with Crippen molar-refractivity contribution in [3.63, 3.8) is 0 Å². The zero-order valence-electron chi connectivity index (χ0n) is 13.1. The highest BCUT2D eigenvalue weighted by Crippen LogP contribution is 2.19. The van der Waals surface area contributed by atoms with Gasteiger partial charge in [-0.05, 0) is 48.7 Å². The third-order valence-corrected chi connectivity index (χ3v) is 5.38. The number of nitriles is 1. The summed E-state index contributed by atoms with van der Waals surface area (Å²) in [6, 6.07) is 11.6. The number of pyridine rings is 1. The van der Waals surface area contributed by atoms with E-state index in [2.05, 4.69) is 14.6 Å². The maximum atomic E-state index is 12.4. The first-order valence-electron chi connectivity index (χ1n) is 7.78. The third kappa shape index (κ3) is 3.72. The summed E-state index contributed by atoms with van der Waals surface area (Å²) in [6.45, 7) is 2.16. The molecule has 0 amide bonds. The smallest absolute Gasteiger partial charge is 0.240 e. The standard InChI is InChI=1S/C17H18N4O2S/c18-12-14-4-3-5-16(10-14)24(22,23)20-13-15-6-7-19-17(11-15)21-8-1-2-9-21/h3-7,10-11,20H,1-2,8-9,13H2. The molecular formula is C17H18N4O2S. The van der Waals surface area contributed by atoms with Crippen molar-refractivity contribution in [2.45, 2.75) is 24.3 Å². The summed E-state index contributed by atoms with van der Waals surface area (Å²) in [6.07, 6.45) is 4.02. The van der Waals surface area contributed by atoms with Gasteiger partial charge in [-0.1, -0.05) is 6.07 Å². The van der Waals surface area contributed by atoms with Crippen molar-refractivity contribution in [1.29, 1.82) is 5.26 Å². The molecule has 0 radical (unpaired) electrons. The van der Waals surface area contributed by atoms with Crippen molar-refractivity contribution >= 4 is 15.8 Å². The molecule has 1 saturated heterocycles. The van der Waals surface area contributed by atoms with Crippen LogP contribution in [-0.4, -0.2) is 26.5 Å². The first kappa shape index (κ1) is 16.4. The lowest BCUT2D eigenvalue weighted by Gasteiger charge is -2.17. The molecule has 24 heavy (non-hydrogen) atoms. The van der Waals surface area contributed by atoms with Crippen LogP contribution in [0.3, 0.4) is 0 Å². The highest BCUT2D eigenvalue weighted by atomic mass is 32.2. The molecular weight excluding hydrogens is 324 g/mol. The summed E-state index contributed by atoms with van der Waals surface area (Å²) < 4.78 is 27.3. The van der Waals surface area contributed by atoms with E-state index < -0.39 is 10.0 Å².